The van der Waals surface area contributed by atoms with Gasteiger partial charge >= 0.3 is 0 Å². The van der Waals surface area contributed by atoms with Crippen molar-refractivity contribution in [3.05, 3.63) is 35.9 Å². The third-order valence-corrected chi connectivity index (χ3v) is 5.25. The highest BCUT2D eigenvalue weighted by molar-refractivity contribution is 8.13. The van der Waals surface area contributed by atoms with E-state index in [-0.39, 0.29) is 5.12 Å². The molecule has 0 bridgehead atoms. The van der Waals surface area contributed by atoms with E-state index in [1.165, 1.54) is 22.5 Å². The summed E-state index contributed by atoms with van der Waals surface area (Å²) in [5, 5.41) is 1.64. The van der Waals surface area contributed by atoms with Crippen LogP contribution in [0.1, 0.15) is 12.5 Å². The Morgan fingerprint density at radius 3 is 2.65 bits per heavy atom. The highest BCUT2D eigenvalue weighted by atomic mass is 32.2. The van der Waals surface area contributed by atoms with Crippen molar-refractivity contribution in [2.45, 2.75) is 26.6 Å². The lowest BCUT2D eigenvalue weighted by molar-refractivity contribution is -0.109. The van der Waals surface area contributed by atoms with E-state index in [1.54, 1.807) is 6.92 Å². The van der Waals surface area contributed by atoms with Crippen molar-refractivity contribution in [1.29, 1.82) is 0 Å². The fourth-order valence-electron chi connectivity index (χ4n) is 1.46. The van der Waals surface area contributed by atoms with E-state index in [9.17, 15) is 4.79 Å². The number of hydrogen-bond acceptors (Lipinski definition) is 2. The average molecular weight is 264 g/mol. The maximum absolute atomic E-state index is 10.8. The molecule has 0 saturated heterocycles. The topological polar surface area (TPSA) is 17.1 Å². The minimum Gasteiger partial charge on any atom is -0.288 e. The Labute approximate surface area is 109 Å². The van der Waals surface area contributed by atoms with Gasteiger partial charge in [0.2, 0.25) is 0 Å². The molecule has 1 nitrogen and oxygen atoms in total. The summed E-state index contributed by atoms with van der Waals surface area (Å²) >= 11 is 1.34. The van der Waals surface area contributed by atoms with E-state index in [2.05, 4.69) is 56.1 Å². The molecule has 0 spiro atoms. The van der Waals surface area contributed by atoms with Crippen molar-refractivity contribution in [2.75, 3.05) is 5.75 Å². The van der Waals surface area contributed by atoms with Gasteiger partial charge in [-0.15, -0.1) is 0 Å². The molecule has 0 fully saturated rings. The molecule has 3 heteroatoms. The van der Waals surface area contributed by atoms with Crippen LogP contribution in [-0.2, 0) is 4.79 Å². The molecule has 17 heavy (non-hydrogen) atoms. The van der Waals surface area contributed by atoms with Gasteiger partial charge in [0.1, 0.15) is 0 Å². The summed E-state index contributed by atoms with van der Waals surface area (Å²) in [7, 11) is -1.22. The van der Waals surface area contributed by atoms with Gasteiger partial charge in [0.25, 0.3) is 0 Å². The van der Waals surface area contributed by atoms with Crippen LogP contribution in [0, 0.1) is 0 Å². The maximum atomic E-state index is 10.8. The summed E-state index contributed by atoms with van der Waals surface area (Å²) in [6.45, 7) is 8.65. The van der Waals surface area contributed by atoms with E-state index >= 15 is 0 Å². The zero-order valence-corrected chi connectivity index (χ0v) is 12.8. The summed E-state index contributed by atoms with van der Waals surface area (Å²) in [6.07, 6.45) is 4.15. The smallest absolute Gasteiger partial charge is 0.186 e. The molecule has 0 aromatic heterocycles. The summed E-state index contributed by atoms with van der Waals surface area (Å²) in [5.74, 6) is 0.756. The molecule has 0 aliphatic heterocycles. The first kappa shape index (κ1) is 14.3. The molecule has 0 saturated carbocycles. The molecule has 0 heterocycles. The minimum atomic E-state index is -1.22. The molecule has 0 amide bonds. The van der Waals surface area contributed by atoms with Crippen LogP contribution in [0.15, 0.2) is 30.3 Å². The molecule has 1 aromatic rings. The van der Waals surface area contributed by atoms with Gasteiger partial charge in [-0.1, -0.05) is 73.0 Å². The fourth-order valence-corrected chi connectivity index (χ4v) is 3.08. The monoisotopic (exact) mass is 264 g/mol. The van der Waals surface area contributed by atoms with E-state index in [0.717, 1.165) is 5.75 Å². The number of hydrogen-bond donors (Lipinski definition) is 0. The van der Waals surface area contributed by atoms with Crippen LogP contribution in [0.25, 0.3) is 6.08 Å². The van der Waals surface area contributed by atoms with Gasteiger partial charge in [-0.05, 0) is 5.56 Å². The second-order valence-corrected chi connectivity index (χ2v) is 11.4. The number of carbonyl (C=O) groups excluding carboxylic acids is 1. The van der Waals surface area contributed by atoms with Crippen molar-refractivity contribution < 1.29 is 4.79 Å². The largest absolute Gasteiger partial charge is 0.288 e. The summed E-state index contributed by atoms with van der Waals surface area (Å²) in [5.41, 5.74) is 1.23. The first-order chi connectivity index (χ1) is 7.89. The summed E-state index contributed by atoms with van der Waals surface area (Å²) in [4.78, 5) is 10.8. The zero-order chi connectivity index (χ0) is 12.9. The van der Waals surface area contributed by atoms with Gasteiger partial charge < -0.3 is 0 Å². The van der Waals surface area contributed by atoms with Crippen molar-refractivity contribution >= 4 is 36.2 Å². The third kappa shape index (κ3) is 5.37. The standard InChI is InChI=1S/C14H20OSSi/c1-12(15)16-10-6-8-13-7-5-9-14(11-13)17(2,3)4/h5-9,11H,10H2,1-4H3. The highest BCUT2D eigenvalue weighted by Gasteiger charge is 2.15. The molecule has 92 valence electrons. The molecule has 0 atom stereocenters. The maximum Gasteiger partial charge on any atom is 0.186 e. The quantitative estimate of drug-likeness (QED) is 0.774. The van der Waals surface area contributed by atoms with Gasteiger partial charge in [0.05, 0.1) is 8.07 Å². The highest BCUT2D eigenvalue weighted by Crippen LogP contribution is 2.08. The molecular weight excluding hydrogens is 244 g/mol. The molecule has 0 N–H and O–H groups in total. The Morgan fingerprint density at radius 2 is 2.06 bits per heavy atom. The van der Waals surface area contributed by atoms with Gasteiger partial charge in [-0.3, -0.25) is 4.79 Å². The summed E-state index contributed by atoms with van der Waals surface area (Å²) in [6, 6.07) is 8.71. The zero-order valence-electron chi connectivity index (χ0n) is 11.0. The normalized spacial score (nSPS) is 12.0. The third-order valence-electron chi connectivity index (χ3n) is 2.45. The Balaban J connectivity index is 2.69. The first-order valence-electron chi connectivity index (χ1n) is 5.80. The van der Waals surface area contributed by atoms with Crippen LogP contribution in [0.3, 0.4) is 0 Å². The van der Waals surface area contributed by atoms with Gasteiger partial charge in [0, 0.05) is 12.7 Å². The van der Waals surface area contributed by atoms with Crippen LogP contribution >= 0.6 is 11.8 Å². The Hall–Kier alpha value is -0.803. The Kier molecular flexibility index (Phi) is 5.21. The Morgan fingerprint density at radius 1 is 1.35 bits per heavy atom. The second-order valence-electron chi connectivity index (χ2n) is 5.08. The van der Waals surface area contributed by atoms with Crippen molar-refractivity contribution in [3.8, 4) is 0 Å². The lowest BCUT2D eigenvalue weighted by Gasteiger charge is -2.16. The van der Waals surface area contributed by atoms with Crippen molar-refractivity contribution in [2.24, 2.45) is 0 Å². The van der Waals surface area contributed by atoms with E-state index in [1.807, 2.05) is 0 Å². The average Bonchev–Trinajstić information content (AvgIpc) is 2.23. The molecule has 0 aliphatic carbocycles. The molecule has 1 rings (SSSR count). The fraction of sp³-hybridized carbons (Fsp3) is 0.357. The number of carbonyl (C=O) groups is 1. The molecule has 0 aliphatic rings. The SMILES string of the molecule is CC(=O)SCC=Cc1cccc([Si](C)(C)C)c1. The predicted octanol–water partition coefficient (Wildman–Crippen LogP) is 3.52. The Bertz CT molecular complexity index is 418. The first-order valence-corrected chi connectivity index (χ1v) is 10.3. The van der Waals surface area contributed by atoms with E-state index < -0.39 is 8.07 Å². The lowest BCUT2D eigenvalue weighted by atomic mass is 10.2. The minimum absolute atomic E-state index is 0.172. The summed E-state index contributed by atoms with van der Waals surface area (Å²) < 4.78 is 0. The van der Waals surface area contributed by atoms with Crippen LogP contribution in [0.2, 0.25) is 19.6 Å². The molecular formula is C14H20OSSi. The number of thioether (sulfide) groups is 1. The van der Waals surface area contributed by atoms with E-state index in [4.69, 9.17) is 0 Å². The van der Waals surface area contributed by atoms with Gasteiger partial charge in [0.15, 0.2) is 5.12 Å². The van der Waals surface area contributed by atoms with Crippen LogP contribution in [0.5, 0.6) is 0 Å². The molecule has 0 radical (unpaired) electrons. The van der Waals surface area contributed by atoms with Crippen molar-refractivity contribution in [3.63, 3.8) is 0 Å². The van der Waals surface area contributed by atoms with Crippen molar-refractivity contribution in [1.82, 2.24) is 0 Å². The number of rotatable bonds is 4. The van der Waals surface area contributed by atoms with Gasteiger partial charge in [-0.2, -0.15) is 0 Å². The molecule has 0 unspecified atom stereocenters. The molecule has 1 aromatic carbocycles. The van der Waals surface area contributed by atoms with Crippen LogP contribution < -0.4 is 5.19 Å². The van der Waals surface area contributed by atoms with E-state index in [0.29, 0.717) is 0 Å². The van der Waals surface area contributed by atoms with Crippen LogP contribution in [0.4, 0.5) is 0 Å². The second kappa shape index (κ2) is 6.22. The number of benzene rings is 1. The predicted molar refractivity (Wildman–Crippen MR) is 81.6 cm³/mol. The van der Waals surface area contributed by atoms with Gasteiger partial charge in [-0.25, -0.2) is 0 Å². The van der Waals surface area contributed by atoms with Crippen LogP contribution in [-0.4, -0.2) is 18.9 Å². The lowest BCUT2D eigenvalue weighted by Crippen LogP contribution is -2.37.